The Bertz CT molecular complexity index is 581. The van der Waals surface area contributed by atoms with Crippen LogP contribution in [0.15, 0.2) is 34.9 Å². The Kier molecular flexibility index (Phi) is 2.78. The molecule has 0 bridgehead atoms. The summed E-state index contributed by atoms with van der Waals surface area (Å²) in [4.78, 5) is 21.9. The first-order valence-electron chi connectivity index (χ1n) is 5.00. The molecule has 2 aromatic rings. The lowest BCUT2D eigenvalue weighted by Crippen LogP contribution is -2.00. The largest absolute Gasteiger partial charge is 0.478 e. The molecule has 4 nitrogen and oxygen atoms in total. The van der Waals surface area contributed by atoms with Gasteiger partial charge in [-0.1, -0.05) is 17.7 Å². The Hall–Kier alpha value is -2.36. The van der Waals surface area contributed by atoms with Crippen LogP contribution in [0.25, 0.3) is 11.3 Å². The number of aldehydes is 1. The van der Waals surface area contributed by atoms with Crippen molar-refractivity contribution in [2.75, 3.05) is 0 Å². The second kappa shape index (κ2) is 4.25. The topological polar surface area (TPSA) is 67.5 Å². The number of carboxylic acids is 1. The third-order valence-corrected chi connectivity index (χ3v) is 2.47. The number of aryl methyl sites for hydroxylation is 1. The van der Waals surface area contributed by atoms with E-state index in [0.29, 0.717) is 17.4 Å². The van der Waals surface area contributed by atoms with E-state index in [-0.39, 0.29) is 11.3 Å². The minimum atomic E-state index is -1.04. The zero-order valence-corrected chi connectivity index (χ0v) is 9.14. The fourth-order valence-corrected chi connectivity index (χ4v) is 1.66. The molecule has 0 fully saturated rings. The summed E-state index contributed by atoms with van der Waals surface area (Å²) >= 11 is 0. The summed E-state index contributed by atoms with van der Waals surface area (Å²) in [6, 6.07) is 6.48. The summed E-state index contributed by atoms with van der Waals surface area (Å²) in [7, 11) is 0. The Labute approximate surface area is 97.5 Å². The SMILES string of the molecule is Cc1ccc(-c2occc2C=O)c(C(=O)O)c1. The molecule has 86 valence electrons. The standard InChI is InChI=1S/C13H10O4/c1-8-2-3-10(11(6-8)13(15)16)12-9(7-14)4-5-17-12/h2-7H,1H3,(H,15,16). The van der Waals surface area contributed by atoms with Gasteiger partial charge >= 0.3 is 5.97 Å². The second-order valence-corrected chi connectivity index (χ2v) is 3.68. The maximum Gasteiger partial charge on any atom is 0.336 e. The highest BCUT2D eigenvalue weighted by atomic mass is 16.4. The van der Waals surface area contributed by atoms with Gasteiger partial charge in [-0.15, -0.1) is 0 Å². The van der Waals surface area contributed by atoms with Gasteiger partial charge in [-0.3, -0.25) is 4.79 Å². The van der Waals surface area contributed by atoms with Crippen molar-refractivity contribution >= 4 is 12.3 Å². The maximum absolute atomic E-state index is 11.1. The van der Waals surface area contributed by atoms with E-state index in [1.54, 1.807) is 25.1 Å². The lowest BCUT2D eigenvalue weighted by Gasteiger charge is -2.05. The molecule has 0 aliphatic heterocycles. The average Bonchev–Trinajstić information content (AvgIpc) is 2.76. The molecule has 17 heavy (non-hydrogen) atoms. The normalized spacial score (nSPS) is 10.2. The lowest BCUT2D eigenvalue weighted by molar-refractivity contribution is 0.0697. The molecule has 0 aliphatic rings. The van der Waals surface area contributed by atoms with Crippen LogP contribution in [0.1, 0.15) is 26.3 Å². The molecule has 0 saturated heterocycles. The summed E-state index contributed by atoms with van der Waals surface area (Å²) in [5.41, 5.74) is 1.72. The predicted molar refractivity (Wildman–Crippen MR) is 61.2 cm³/mol. The van der Waals surface area contributed by atoms with Gasteiger partial charge in [0.05, 0.1) is 17.4 Å². The van der Waals surface area contributed by atoms with E-state index in [1.165, 1.54) is 12.3 Å². The fraction of sp³-hybridized carbons (Fsp3) is 0.0769. The van der Waals surface area contributed by atoms with E-state index in [2.05, 4.69) is 0 Å². The molecular formula is C13H10O4. The molecule has 1 aromatic carbocycles. The van der Waals surface area contributed by atoms with Crippen molar-refractivity contribution in [3.05, 3.63) is 47.2 Å². The van der Waals surface area contributed by atoms with Gasteiger partial charge in [0, 0.05) is 5.56 Å². The van der Waals surface area contributed by atoms with Crippen LogP contribution < -0.4 is 0 Å². The first-order chi connectivity index (χ1) is 8.13. The molecule has 4 heteroatoms. The number of carboxylic acid groups (broad SMARTS) is 1. The smallest absolute Gasteiger partial charge is 0.336 e. The van der Waals surface area contributed by atoms with Crippen LogP contribution in [-0.2, 0) is 0 Å². The van der Waals surface area contributed by atoms with Crippen LogP contribution in [-0.4, -0.2) is 17.4 Å². The van der Waals surface area contributed by atoms with Gasteiger partial charge in [0.25, 0.3) is 0 Å². The first kappa shape index (κ1) is 11.1. The Morgan fingerprint density at radius 1 is 1.35 bits per heavy atom. The van der Waals surface area contributed by atoms with E-state index in [4.69, 9.17) is 9.52 Å². The van der Waals surface area contributed by atoms with Gasteiger partial charge in [-0.25, -0.2) is 4.79 Å². The van der Waals surface area contributed by atoms with Crippen LogP contribution in [0.4, 0.5) is 0 Å². The van der Waals surface area contributed by atoms with E-state index in [0.717, 1.165) is 5.56 Å². The number of aromatic carboxylic acids is 1. The molecule has 2 rings (SSSR count). The monoisotopic (exact) mass is 230 g/mol. The minimum absolute atomic E-state index is 0.128. The number of hydrogen-bond acceptors (Lipinski definition) is 3. The zero-order chi connectivity index (χ0) is 12.4. The molecule has 1 aromatic heterocycles. The number of benzene rings is 1. The van der Waals surface area contributed by atoms with Crippen molar-refractivity contribution in [2.24, 2.45) is 0 Å². The predicted octanol–water partition coefficient (Wildman–Crippen LogP) is 2.77. The zero-order valence-electron chi connectivity index (χ0n) is 9.14. The lowest BCUT2D eigenvalue weighted by atomic mass is 10.0. The average molecular weight is 230 g/mol. The van der Waals surface area contributed by atoms with E-state index in [9.17, 15) is 9.59 Å². The molecule has 0 saturated carbocycles. The Morgan fingerprint density at radius 3 is 2.76 bits per heavy atom. The molecule has 1 heterocycles. The second-order valence-electron chi connectivity index (χ2n) is 3.68. The van der Waals surface area contributed by atoms with Crippen LogP contribution in [0, 0.1) is 6.92 Å². The van der Waals surface area contributed by atoms with Crippen molar-refractivity contribution < 1.29 is 19.1 Å². The van der Waals surface area contributed by atoms with E-state index in [1.807, 2.05) is 0 Å². The summed E-state index contributed by atoms with van der Waals surface area (Å²) in [6.45, 7) is 1.80. The number of furan rings is 1. The van der Waals surface area contributed by atoms with Crippen molar-refractivity contribution in [1.82, 2.24) is 0 Å². The highest BCUT2D eigenvalue weighted by Gasteiger charge is 2.16. The highest BCUT2D eigenvalue weighted by molar-refractivity contribution is 5.98. The molecule has 0 spiro atoms. The summed E-state index contributed by atoms with van der Waals surface area (Å²) in [5.74, 6) is -0.755. The van der Waals surface area contributed by atoms with Crippen LogP contribution in [0.2, 0.25) is 0 Å². The van der Waals surface area contributed by atoms with E-state index < -0.39 is 5.97 Å². The van der Waals surface area contributed by atoms with Gasteiger partial charge in [-0.2, -0.15) is 0 Å². The third-order valence-electron chi connectivity index (χ3n) is 2.47. The third kappa shape index (κ3) is 1.97. The maximum atomic E-state index is 11.1. The fourth-order valence-electron chi connectivity index (χ4n) is 1.66. The summed E-state index contributed by atoms with van der Waals surface area (Å²) in [5, 5.41) is 9.12. The molecule has 0 aliphatic carbocycles. The van der Waals surface area contributed by atoms with Gasteiger partial charge in [-0.05, 0) is 19.1 Å². The van der Waals surface area contributed by atoms with Crippen molar-refractivity contribution in [2.45, 2.75) is 6.92 Å². The Morgan fingerprint density at radius 2 is 2.12 bits per heavy atom. The van der Waals surface area contributed by atoms with Gasteiger partial charge in [0.1, 0.15) is 5.76 Å². The van der Waals surface area contributed by atoms with Crippen LogP contribution in [0.3, 0.4) is 0 Å². The number of hydrogen-bond donors (Lipinski definition) is 1. The van der Waals surface area contributed by atoms with Crippen molar-refractivity contribution in [3.8, 4) is 11.3 Å². The van der Waals surface area contributed by atoms with Gasteiger partial charge < -0.3 is 9.52 Å². The van der Waals surface area contributed by atoms with Gasteiger partial charge in [0.15, 0.2) is 6.29 Å². The summed E-state index contributed by atoms with van der Waals surface area (Å²) in [6.07, 6.45) is 2.01. The van der Waals surface area contributed by atoms with Crippen molar-refractivity contribution in [1.29, 1.82) is 0 Å². The van der Waals surface area contributed by atoms with Crippen molar-refractivity contribution in [3.63, 3.8) is 0 Å². The molecule has 0 atom stereocenters. The van der Waals surface area contributed by atoms with Gasteiger partial charge in [0.2, 0.25) is 0 Å². The summed E-state index contributed by atoms with van der Waals surface area (Å²) < 4.78 is 5.18. The number of carbonyl (C=O) groups is 2. The van der Waals surface area contributed by atoms with E-state index >= 15 is 0 Å². The first-order valence-corrected chi connectivity index (χ1v) is 5.00. The minimum Gasteiger partial charge on any atom is -0.478 e. The van der Waals surface area contributed by atoms with Crippen LogP contribution in [0.5, 0.6) is 0 Å². The number of carbonyl (C=O) groups excluding carboxylic acids is 1. The molecule has 0 unspecified atom stereocenters. The number of rotatable bonds is 3. The molecule has 0 amide bonds. The highest BCUT2D eigenvalue weighted by Crippen LogP contribution is 2.28. The quantitative estimate of drug-likeness (QED) is 0.823. The Balaban J connectivity index is 2.67. The molecule has 0 radical (unpaired) electrons. The molecular weight excluding hydrogens is 220 g/mol. The van der Waals surface area contributed by atoms with Crippen LogP contribution >= 0.6 is 0 Å². The molecule has 1 N–H and O–H groups in total.